The van der Waals surface area contributed by atoms with Crippen LogP contribution in [0.1, 0.15) is 26.2 Å². The van der Waals surface area contributed by atoms with Crippen molar-refractivity contribution < 1.29 is 0 Å². The fraction of sp³-hybridized carbons (Fsp3) is 1.00. The smallest absolute Gasteiger partial charge is 0.00104 e. The molecule has 0 saturated carbocycles. The second-order valence-corrected chi connectivity index (χ2v) is 3.28. The fourth-order valence-corrected chi connectivity index (χ4v) is 0.894. The quantitative estimate of drug-likeness (QED) is 0.585. The lowest BCUT2D eigenvalue weighted by atomic mass is 10.1. The highest BCUT2D eigenvalue weighted by Crippen LogP contribution is 1.98. The van der Waals surface area contributed by atoms with Gasteiger partial charge in [-0.2, -0.15) is 0 Å². The van der Waals surface area contributed by atoms with E-state index in [0.29, 0.717) is 6.04 Å². The molecular formula is C8H20N2. The van der Waals surface area contributed by atoms with Gasteiger partial charge in [-0.25, -0.2) is 0 Å². The molecule has 2 nitrogen and oxygen atoms in total. The van der Waals surface area contributed by atoms with Crippen LogP contribution >= 0.6 is 0 Å². The Balaban J connectivity index is 2.91. The van der Waals surface area contributed by atoms with Crippen LogP contribution < -0.4 is 5.73 Å². The molecule has 0 saturated heterocycles. The maximum Gasteiger partial charge on any atom is 0.00104 e. The molecule has 0 unspecified atom stereocenters. The van der Waals surface area contributed by atoms with Gasteiger partial charge in [-0.3, -0.25) is 0 Å². The second-order valence-electron chi connectivity index (χ2n) is 3.28. The van der Waals surface area contributed by atoms with Crippen molar-refractivity contribution in [1.82, 2.24) is 4.90 Å². The summed E-state index contributed by atoms with van der Waals surface area (Å²) >= 11 is 0. The van der Waals surface area contributed by atoms with Crippen molar-refractivity contribution in [3.63, 3.8) is 0 Å². The van der Waals surface area contributed by atoms with E-state index < -0.39 is 0 Å². The molecule has 0 aliphatic carbocycles. The normalized spacial score (nSPS) is 14.1. The third kappa shape index (κ3) is 7.92. The Labute approximate surface area is 64.4 Å². The zero-order valence-corrected chi connectivity index (χ0v) is 7.43. The Hall–Kier alpha value is -0.0800. The molecule has 1 atom stereocenters. The zero-order valence-electron chi connectivity index (χ0n) is 7.43. The average molecular weight is 144 g/mol. The summed E-state index contributed by atoms with van der Waals surface area (Å²) in [4.78, 5) is 2.21. The number of nitrogens with two attached hydrogens (primary N) is 1. The lowest BCUT2D eigenvalue weighted by Crippen LogP contribution is -2.16. The molecule has 0 aliphatic rings. The molecule has 0 radical (unpaired) electrons. The van der Waals surface area contributed by atoms with E-state index in [9.17, 15) is 0 Å². The highest BCUT2D eigenvalue weighted by Gasteiger charge is 1.94. The van der Waals surface area contributed by atoms with Gasteiger partial charge in [0.15, 0.2) is 0 Å². The average Bonchev–Trinajstić information content (AvgIpc) is 1.79. The van der Waals surface area contributed by atoms with E-state index in [1.54, 1.807) is 0 Å². The predicted molar refractivity (Wildman–Crippen MR) is 46.1 cm³/mol. The first-order valence-corrected chi connectivity index (χ1v) is 4.03. The Morgan fingerprint density at radius 3 is 2.30 bits per heavy atom. The van der Waals surface area contributed by atoms with Gasteiger partial charge < -0.3 is 10.6 Å². The number of hydrogen-bond donors (Lipinski definition) is 1. The van der Waals surface area contributed by atoms with Crippen LogP contribution in [0.3, 0.4) is 0 Å². The summed E-state index contributed by atoms with van der Waals surface area (Å²) in [6.45, 7) is 3.25. The van der Waals surface area contributed by atoms with Crippen molar-refractivity contribution in [2.75, 3.05) is 20.6 Å². The number of hydrogen-bond acceptors (Lipinski definition) is 2. The van der Waals surface area contributed by atoms with Gasteiger partial charge in [-0.15, -0.1) is 0 Å². The van der Waals surface area contributed by atoms with E-state index in [-0.39, 0.29) is 0 Å². The molecule has 0 amide bonds. The number of unbranched alkanes of at least 4 members (excludes halogenated alkanes) is 1. The van der Waals surface area contributed by atoms with Gasteiger partial charge in [0.25, 0.3) is 0 Å². The maximum atomic E-state index is 5.60. The highest BCUT2D eigenvalue weighted by atomic mass is 15.0. The Morgan fingerprint density at radius 2 is 1.90 bits per heavy atom. The third-order valence-electron chi connectivity index (χ3n) is 1.51. The second kappa shape index (κ2) is 5.69. The molecule has 0 aromatic rings. The van der Waals surface area contributed by atoms with Gasteiger partial charge >= 0.3 is 0 Å². The van der Waals surface area contributed by atoms with Crippen LogP contribution in [0, 0.1) is 0 Å². The highest BCUT2D eigenvalue weighted by molar-refractivity contribution is 4.53. The molecule has 0 fully saturated rings. The molecule has 0 heterocycles. The largest absolute Gasteiger partial charge is 0.328 e. The monoisotopic (exact) mass is 144 g/mol. The molecular weight excluding hydrogens is 124 g/mol. The SMILES string of the molecule is C[C@@H](N)CCCCN(C)C. The van der Waals surface area contributed by atoms with Gasteiger partial charge in [0.2, 0.25) is 0 Å². The maximum absolute atomic E-state index is 5.60. The van der Waals surface area contributed by atoms with Crippen molar-refractivity contribution in [2.45, 2.75) is 32.2 Å². The van der Waals surface area contributed by atoms with Crippen LogP contribution in [0.2, 0.25) is 0 Å². The summed E-state index contributed by atoms with van der Waals surface area (Å²) in [6.07, 6.45) is 3.69. The molecule has 0 aliphatic heterocycles. The topological polar surface area (TPSA) is 29.3 Å². The van der Waals surface area contributed by atoms with Crippen LogP contribution in [0.5, 0.6) is 0 Å². The molecule has 0 aromatic heterocycles. The van der Waals surface area contributed by atoms with Gasteiger partial charge in [0.1, 0.15) is 0 Å². The van der Waals surface area contributed by atoms with Crippen LogP contribution in [0.4, 0.5) is 0 Å². The van der Waals surface area contributed by atoms with Crippen molar-refractivity contribution in [1.29, 1.82) is 0 Å². The summed E-state index contributed by atoms with van der Waals surface area (Å²) in [5, 5.41) is 0. The lowest BCUT2D eigenvalue weighted by Gasteiger charge is -2.09. The number of nitrogens with zero attached hydrogens (tertiary/aromatic N) is 1. The van der Waals surface area contributed by atoms with Crippen molar-refractivity contribution in [3.8, 4) is 0 Å². The zero-order chi connectivity index (χ0) is 7.98. The van der Waals surface area contributed by atoms with E-state index in [1.807, 2.05) is 0 Å². The standard InChI is InChI=1S/C8H20N2/c1-8(9)6-4-5-7-10(2)3/h8H,4-7,9H2,1-3H3/t8-/m1/s1. The van der Waals surface area contributed by atoms with Gasteiger partial charge in [-0.1, -0.05) is 6.42 Å². The first-order valence-electron chi connectivity index (χ1n) is 4.03. The molecule has 0 spiro atoms. The molecule has 0 bridgehead atoms. The Bertz CT molecular complexity index is 59.7. The van der Waals surface area contributed by atoms with E-state index in [2.05, 4.69) is 25.9 Å². The van der Waals surface area contributed by atoms with Crippen LogP contribution in [-0.2, 0) is 0 Å². The summed E-state index contributed by atoms with van der Waals surface area (Å²) in [5.41, 5.74) is 5.60. The van der Waals surface area contributed by atoms with Crippen molar-refractivity contribution >= 4 is 0 Å². The first-order chi connectivity index (χ1) is 4.63. The van der Waals surface area contributed by atoms with E-state index in [1.165, 1.54) is 19.4 Å². The molecule has 0 aromatic carbocycles. The molecule has 10 heavy (non-hydrogen) atoms. The minimum atomic E-state index is 0.377. The van der Waals surface area contributed by atoms with Crippen molar-refractivity contribution in [2.24, 2.45) is 5.73 Å². The Morgan fingerprint density at radius 1 is 1.30 bits per heavy atom. The van der Waals surface area contributed by atoms with E-state index >= 15 is 0 Å². The van der Waals surface area contributed by atoms with Gasteiger partial charge in [-0.05, 0) is 40.4 Å². The third-order valence-corrected chi connectivity index (χ3v) is 1.51. The first kappa shape index (κ1) is 9.92. The van der Waals surface area contributed by atoms with Crippen LogP contribution in [0.25, 0.3) is 0 Å². The van der Waals surface area contributed by atoms with E-state index in [4.69, 9.17) is 5.73 Å². The summed E-state index contributed by atoms with van der Waals surface area (Å²) in [6, 6.07) is 0.377. The van der Waals surface area contributed by atoms with Crippen molar-refractivity contribution in [3.05, 3.63) is 0 Å². The summed E-state index contributed by atoms with van der Waals surface area (Å²) < 4.78 is 0. The molecule has 2 heteroatoms. The molecule has 0 rings (SSSR count). The Kier molecular flexibility index (Phi) is 5.64. The van der Waals surface area contributed by atoms with Crippen LogP contribution in [0.15, 0.2) is 0 Å². The number of rotatable bonds is 5. The van der Waals surface area contributed by atoms with Gasteiger partial charge in [0.05, 0.1) is 0 Å². The lowest BCUT2D eigenvalue weighted by molar-refractivity contribution is 0.388. The summed E-state index contributed by atoms with van der Waals surface area (Å²) in [7, 11) is 4.21. The minimum absolute atomic E-state index is 0.377. The minimum Gasteiger partial charge on any atom is -0.328 e. The predicted octanol–water partition coefficient (Wildman–Crippen LogP) is 1.07. The molecule has 62 valence electrons. The van der Waals surface area contributed by atoms with Gasteiger partial charge in [0, 0.05) is 6.04 Å². The molecule has 2 N–H and O–H groups in total. The van der Waals surface area contributed by atoms with Crippen LogP contribution in [-0.4, -0.2) is 31.6 Å². The summed E-state index contributed by atoms with van der Waals surface area (Å²) in [5.74, 6) is 0. The van der Waals surface area contributed by atoms with E-state index in [0.717, 1.165) is 6.42 Å². The fourth-order valence-electron chi connectivity index (χ4n) is 0.894.